The first-order valence-electron chi connectivity index (χ1n) is 11.2. The number of imide groups is 1. The van der Waals surface area contributed by atoms with Crippen LogP contribution < -0.4 is 14.5 Å². The topological polar surface area (TPSA) is 84.0 Å². The molecule has 0 unspecified atom stereocenters. The Bertz CT molecular complexity index is 1160. The summed E-state index contributed by atoms with van der Waals surface area (Å²) in [5, 5.41) is 0. The van der Waals surface area contributed by atoms with E-state index >= 15 is 0 Å². The van der Waals surface area contributed by atoms with Crippen molar-refractivity contribution in [2.45, 2.75) is 19.8 Å². The molecule has 2 aliphatic heterocycles. The van der Waals surface area contributed by atoms with Crippen LogP contribution in [-0.4, -0.2) is 30.2 Å². The lowest BCUT2D eigenvalue weighted by Crippen LogP contribution is -2.31. The Morgan fingerprint density at radius 3 is 2.48 bits per heavy atom. The maximum atomic E-state index is 13.0. The molecule has 5 rings (SSSR count). The van der Waals surface area contributed by atoms with Crippen molar-refractivity contribution in [1.29, 1.82) is 0 Å². The molecule has 2 aromatic carbocycles. The van der Waals surface area contributed by atoms with Crippen molar-refractivity contribution in [2.75, 3.05) is 16.3 Å². The van der Waals surface area contributed by atoms with E-state index in [1.54, 1.807) is 23.1 Å². The van der Waals surface area contributed by atoms with Gasteiger partial charge in [-0.3, -0.25) is 19.2 Å². The number of nitrogens with zero attached hydrogens (tertiary/aromatic N) is 2. The molecule has 1 aliphatic carbocycles. The molecule has 2 fully saturated rings. The molecule has 4 atom stereocenters. The van der Waals surface area contributed by atoms with Crippen LogP contribution in [0.5, 0.6) is 5.75 Å². The summed E-state index contributed by atoms with van der Waals surface area (Å²) in [7, 11) is 0. The normalized spacial score (nSPS) is 26.6. The molecule has 3 amide bonds. The summed E-state index contributed by atoms with van der Waals surface area (Å²) in [6, 6.07) is 15.7. The van der Waals surface area contributed by atoms with E-state index in [-0.39, 0.29) is 54.2 Å². The highest BCUT2D eigenvalue weighted by Crippen LogP contribution is 2.41. The minimum absolute atomic E-state index is 0.00123. The van der Waals surface area contributed by atoms with E-state index in [0.29, 0.717) is 12.1 Å². The summed E-state index contributed by atoms with van der Waals surface area (Å²) >= 11 is 0. The van der Waals surface area contributed by atoms with Gasteiger partial charge in [0.25, 0.3) is 0 Å². The van der Waals surface area contributed by atoms with Gasteiger partial charge in [0.05, 0.1) is 23.4 Å². The van der Waals surface area contributed by atoms with Crippen LogP contribution in [0.15, 0.2) is 66.7 Å². The Morgan fingerprint density at radius 1 is 0.970 bits per heavy atom. The molecule has 0 saturated carbocycles. The number of benzene rings is 2. The molecule has 0 radical (unpaired) electrons. The quantitative estimate of drug-likeness (QED) is 0.313. The molecule has 0 aromatic heterocycles. The van der Waals surface area contributed by atoms with Gasteiger partial charge in [-0.15, -0.1) is 0 Å². The number of carbonyl (C=O) groups excluding carboxylic acids is 4. The summed E-state index contributed by atoms with van der Waals surface area (Å²) in [5.74, 6) is -2.14. The van der Waals surface area contributed by atoms with Gasteiger partial charge in [-0.1, -0.05) is 43.3 Å². The number of rotatable bonds is 4. The fourth-order valence-corrected chi connectivity index (χ4v) is 5.01. The third-order valence-corrected chi connectivity index (χ3v) is 6.69. The lowest BCUT2D eigenvalue weighted by Gasteiger charge is -2.22. The predicted molar refractivity (Wildman–Crippen MR) is 121 cm³/mol. The van der Waals surface area contributed by atoms with Gasteiger partial charge in [0.1, 0.15) is 5.75 Å². The van der Waals surface area contributed by atoms with Gasteiger partial charge in [-0.25, -0.2) is 4.90 Å². The number of amides is 3. The summed E-state index contributed by atoms with van der Waals surface area (Å²) in [6.07, 6.45) is 4.57. The standard InChI is InChI=1S/C26H24N2O5/c1-16-7-5-12-21-23(16)25(31)28(24(21)30)19-10-6-11-20(14-19)33-26(32)17-13-22(29)27(15-17)18-8-3-2-4-9-18/h2-11,14,16-17,21,23H,12-13,15H2,1H3/t16-,17-,21-,23-/m1/s1. The first-order chi connectivity index (χ1) is 15.9. The molecule has 33 heavy (non-hydrogen) atoms. The third kappa shape index (κ3) is 3.73. The summed E-state index contributed by atoms with van der Waals surface area (Å²) < 4.78 is 5.56. The fraction of sp³-hybridized carbons (Fsp3) is 0.308. The molecule has 0 N–H and O–H groups in total. The average molecular weight is 444 g/mol. The van der Waals surface area contributed by atoms with Crippen LogP contribution in [0.3, 0.4) is 0 Å². The molecule has 2 aromatic rings. The van der Waals surface area contributed by atoms with Gasteiger partial charge in [-0.05, 0) is 36.6 Å². The summed E-state index contributed by atoms with van der Waals surface area (Å²) in [5.41, 5.74) is 1.14. The van der Waals surface area contributed by atoms with Gasteiger partial charge in [-0.2, -0.15) is 0 Å². The molecule has 3 aliphatic rings. The number of carbonyl (C=O) groups is 4. The van der Waals surface area contributed by atoms with E-state index in [1.807, 2.05) is 49.4 Å². The summed E-state index contributed by atoms with van der Waals surface area (Å²) in [6.45, 7) is 2.19. The van der Waals surface area contributed by atoms with Crippen molar-refractivity contribution in [3.05, 3.63) is 66.7 Å². The second kappa shape index (κ2) is 8.31. The van der Waals surface area contributed by atoms with Crippen LogP contribution in [0.1, 0.15) is 19.8 Å². The van der Waals surface area contributed by atoms with Crippen molar-refractivity contribution < 1.29 is 23.9 Å². The minimum Gasteiger partial charge on any atom is -0.426 e. The molecular formula is C26H24N2O5. The lowest BCUT2D eigenvalue weighted by molar-refractivity contribution is -0.139. The average Bonchev–Trinajstić information content (AvgIpc) is 3.33. The highest BCUT2D eigenvalue weighted by molar-refractivity contribution is 6.22. The van der Waals surface area contributed by atoms with Crippen molar-refractivity contribution in [3.8, 4) is 5.75 Å². The van der Waals surface area contributed by atoms with Crippen LogP contribution in [0.2, 0.25) is 0 Å². The SMILES string of the molecule is C[C@@H]1C=CC[C@H]2C(=O)N(c3cccc(OC(=O)[C@@H]4CC(=O)N(c5ccccc5)C4)c3)C(=O)[C@H]12. The predicted octanol–water partition coefficient (Wildman–Crippen LogP) is 3.35. The van der Waals surface area contributed by atoms with Crippen molar-refractivity contribution >= 4 is 35.1 Å². The van der Waals surface area contributed by atoms with Crippen LogP contribution in [0.25, 0.3) is 0 Å². The Kier molecular flexibility index (Phi) is 5.32. The van der Waals surface area contributed by atoms with Crippen molar-refractivity contribution in [1.82, 2.24) is 0 Å². The zero-order valence-corrected chi connectivity index (χ0v) is 18.2. The van der Waals surface area contributed by atoms with Crippen molar-refractivity contribution in [2.24, 2.45) is 23.7 Å². The van der Waals surface area contributed by atoms with Crippen LogP contribution >= 0.6 is 0 Å². The molecule has 0 bridgehead atoms. The number of esters is 1. The monoisotopic (exact) mass is 444 g/mol. The second-order valence-corrected chi connectivity index (χ2v) is 8.83. The maximum absolute atomic E-state index is 13.0. The summed E-state index contributed by atoms with van der Waals surface area (Å²) in [4.78, 5) is 54.0. The molecular weight excluding hydrogens is 420 g/mol. The second-order valence-electron chi connectivity index (χ2n) is 8.83. The minimum atomic E-state index is -0.591. The zero-order chi connectivity index (χ0) is 23.1. The number of para-hydroxylation sites is 1. The maximum Gasteiger partial charge on any atom is 0.316 e. The molecule has 0 spiro atoms. The highest BCUT2D eigenvalue weighted by atomic mass is 16.5. The zero-order valence-electron chi connectivity index (χ0n) is 18.2. The number of fused-ring (bicyclic) bond motifs is 1. The van der Waals surface area contributed by atoms with E-state index in [2.05, 4.69) is 0 Å². The first kappa shape index (κ1) is 21.1. The number of ether oxygens (including phenoxy) is 1. The number of hydrogen-bond acceptors (Lipinski definition) is 5. The molecule has 7 heteroatoms. The van der Waals surface area contributed by atoms with E-state index in [0.717, 1.165) is 5.69 Å². The van der Waals surface area contributed by atoms with E-state index in [4.69, 9.17) is 4.74 Å². The Hall–Kier alpha value is -3.74. The largest absolute Gasteiger partial charge is 0.426 e. The van der Waals surface area contributed by atoms with E-state index in [1.165, 1.54) is 11.0 Å². The third-order valence-electron chi connectivity index (χ3n) is 6.69. The molecule has 168 valence electrons. The number of hydrogen-bond donors (Lipinski definition) is 0. The van der Waals surface area contributed by atoms with Gasteiger partial charge >= 0.3 is 5.97 Å². The highest BCUT2D eigenvalue weighted by Gasteiger charge is 2.50. The van der Waals surface area contributed by atoms with E-state index < -0.39 is 11.9 Å². The Morgan fingerprint density at radius 2 is 1.73 bits per heavy atom. The molecule has 7 nitrogen and oxygen atoms in total. The van der Waals surface area contributed by atoms with Crippen LogP contribution in [0.4, 0.5) is 11.4 Å². The van der Waals surface area contributed by atoms with Crippen LogP contribution in [0, 0.1) is 23.7 Å². The number of allylic oxidation sites excluding steroid dienone is 2. The Balaban J connectivity index is 1.30. The fourth-order valence-electron chi connectivity index (χ4n) is 5.01. The lowest BCUT2D eigenvalue weighted by atomic mass is 9.78. The van der Waals surface area contributed by atoms with Gasteiger partial charge in [0, 0.05) is 24.7 Å². The van der Waals surface area contributed by atoms with Crippen LogP contribution in [-0.2, 0) is 19.2 Å². The number of anilines is 2. The first-order valence-corrected chi connectivity index (χ1v) is 11.2. The van der Waals surface area contributed by atoms with Crippen molar-refractivity contribution in [3.63, 3.8) is 0 Å². The smallest absolute Gasteiger partial charge is 0.316 e. The van der Waals surface area contributed by atoms with Gasteiger partial charge < -0.3 is 9.64 Å². The van der Waals surface area contributed by atoms with Gasteiger partial charge in [0.2, 0.25) is 17.7 Å². The van der Waals surface area contributed by atoms with Gasteiger partial charge in [0.15, 0.2) is 0 Å². The Labute approximate surface area is 191 Å². The van der Waals surface area contributed by atoms with E-state index in [9.17, 15) is 19.2 Å². The molecule has 2 heterocycles. The molecule has 2 saturated heterocycles.